The second-order valence-electron chi connectivity index (χ2n) is 13.0. The SMILES string of the molecule is O=C(Cc1cccs1)NC1C(=O)N2C(C(=O)O)=CC(CNC(=S)SCC(=O)N(c3c(F)cc4c(=O)c(C(=O)O)cn(C5CC5)c4c3Cl)C3CCNC3)SC12.[Na].[Na]. The Bertz CT molecular complexity index is 2190. The Balaban J connectivity index is 0.00000300. The molecule has 14 nitrogen and oxygen atoms in total. The summed E-state index contributed by atoms with van der Waals surface area (Å²) in [5.41, 5.74) is -1.62. The third-order valence-electron chi connectivity index (χ3n) is 9.45. The number of fused-ring (bicyclic) bond motifs is 2. The molecule has 7 rings (SSSR count). The Morgan fingerprint density at radius 3 is 2.52 bits per heavy atom. The van der Waals surface area contributed by atoms with Gasteiger partial charge in [0.2, 0.25) is 17.2 Å². The quantitative estimate of drug-likeness (QED) is 0.101. The molecule has 4 aliphatic rings. The number of carboxylic acids is 2. The predicted octanol–water partition coefficient (Wildman–Crippen LogP) is 2.41. The molecule has 5 heterocycles. The molecule has 3 fully saturated rings. The smallest absolute Gasteiger partial charge is 0.352 e. The third-order valence-corrected chi connectivity index (χ3v) is 13.4. The largest absolute Gasteiger partial charge is 0.477 e. The summed E-state index contributed by atoms with van der Waals surface area (Å²) in [7, 11) is 0. The van der Waals surface area contributed by atoms with Crippen molar-refractivity contribution in [3.63, 3.8) is 0 Å². The van der Waals surface area contributed by atoms with Crippen molar-refractivity contribution < 1.29 is 38.6 Å². The Labute approximate surface area is 386 Å². The summed E-state index contributed by atoms with van der Waals surface area (Å²) in [6.07, 6.45) is 4.69. The first kappa shape index (κ1) is 45.1. The van der Waals surface area contributed by atoms with E-state index in [2.05, 4.69) is 16.0 Å². The average Bonchev–Trinajstić information content (AvgIpc) is 3.58. The number of carboxylic acid groups (broad SMARTS) is 2. The van der Waals surface area contributed by atoms with Gasteiger partial charge in [-0.3, -0.25) is 24.1 Å². The molecule has 2 saturated heterocycles. The molecule has 56 heavy (non-hydrogen) atoms. The maximum absolute atomic E-state index is 16.1. The van der Waals surface area contributed by atoms with Gasteiger partial charge in [0.1, 0.15) is 38.5 Å². The summed E-state index contributed by atoms with van der Waals surface area (Å²) >= 11 is 16.1. The van der Waals surface area contributed by atoms with Crippen molar-refractivity contribution in [3.05, 3.63) is 73.1 Å². The number of rotatable bonds is 12. The van der Waals surface area contributed by atoms with Gasteiger partial charge in [0.25, 0.3) is 5.91 Å². The Morgan fingerprint density at radius 1 is 1.14 bits per heavy atom. The number of thiophene rings is 1. The van der Waals surface area contributed by atoms with Crippen molar-refractivity contribution in [1.29, 1.82) is 0 Å². The number of carbonyl (C=O) groups excluding carboxylic acids is 3. The van der Waals surface area contributed by atoms with Crippen molar-refractivity contribution in [3.8, 4) is 0 Å². The number of aliphatic carboxylic acids is 1. The van der Waals surface area contributed by atoms with Gasteiger partial charge in [-0.2, -0.15) is 0 Å². The maximum Gasteiger partial charge on any atom is 0.352 e. The second-order valence-corrected chi connectivity index (χ2v) is 17.5. The van der Waals surface area contributed by atoms with E-state index in [9.17, 15) is 39.0 Å². The summed E-state index contributed by atoms with van der Waals surface area (Å²) in [6, 6.07) is 3.07. The maximum atomic E-state index is 16.1. The third kappa shape index (κ3) is 9.23. The number of hydrogen-bond donors (Lipinski definition) is 5. The number of pyridine rings is 1. The normalized spacial score (nSPS) is 21.1. The van der Waals surface area contributed by atoms with Crippen LogP contribution in [0.3, 0.4) is 0 Å². The molecule has 4 unspecified atom stereocenters. The van der Waals surface area contributed by atoms with E-state index in [-0.39, 0.29) is 121 Å². The fourth-order valence-electron chi connectivity index (χ4n) is 6.79. The van der Waals surface area contributed by atoms with Crippen LogP contribution in [0.4, 0.5) is 10.1 Å². The van der Waals surface area contributed by atoms with Crippen LogP contribution in [0.15, 0.2) is 46.3 Å². The van der Waals surface area contributed by atoms with Gasteiger partial charge in [-0.1, -0.05) is 41.6 Å². The van der Waals surface area contributed by atoms with Crippen LogP contribution >= 0.6 is 58.7 Å². The zero-order valence-corrected chi connectivity index (χ0v) is 38.1. The molecule has 0 spiro atoms. The first-order valence-corrected chi connectivity index (χ1v) is 20.4. The second kappa shape index (κ2) is 18.9. The topological polar surface area (TPSA) is 190 Å². The van der Waals surface area contributed by atoms with E-state index in [1.165, 1.54) is 40.3 Å². The minimum Gasteiger partial charge on any atom is -0.477 e. The van der Waals surface area contributed by atoms with E-state index < -0.39 is 63.3 Å². The van der Waals surface area contributed by atoms with Gasteiger partial charge in [-0.25, -0.2) is 14.0 Å². The number of thioether (sulfide) groups is 2. The molecule has 2 aromatic heterocycles. The molecule has 3 amide bonds. The predicted molar refractivity (Wildman–Crippen MR) is 219 cm³/mol. The van der Waals surface area contributed by atoms with Crippen molar-refractivity contribution in [2.75, 3.05) is 30.3 Å². The van der Waals surface area contributed by atoms with Gasteiger partial charge in [-0.05, 0) is 49.4 Å². The van der Waals surface area contributed by atoms with E-state index in [1.807, 2.05) is 17.5 Å². The number of benzene rings is 1. The minimum absolute atomic E-state index is 0. The fraction of sp³-hybridized carbons (Fsp3) is 0.382. The van der Waals surface area contributed by atoms with Crippen molar-refractivity contribution in [2.45, 2.75) is 54.4 Å². The zero-order valence-electron chi connectivity index (χ0n) is 30.1. The fourth-order valence-corrected chi connectivity index (χ4v) is 10.1. The van der Waals surface area contributed by atoms with Crippen LogP contribution in [0.1, 0.15) is 40.5 Å². The van der Waals surface area contributed by atoms with Crippen LogP contribution in [-0.2, 0) is 25.6 Å². The van der Waals surface area contributed by atoms with Gasteiger partial charge in [0.05, 0.1) is 34.1 Å². The number of amides is 3. The van der Waals surface area contributed by atoms with Crippen molar-refractivity contribution in [2.24, 2.45) is 0 Å². The molecule has 4 atom stereocenters. The molecule has 2 radical (unpaired) electrons. The van der Waals surface area contributed by atoms with Crippen LogP contribution in [0.5, 0.6) is 0 Å². The van der Waals surface area contributed by atoms with Crippen LogP contribution in [-0.4, -0.2) is 161 Å². The van der Waals surface area contributed by atoms with E-state index in [4.69, 9.17) is 23.8 Å². The molecular formula is C34H32ClFN6Na2O8S4. The van der Waals surface area contributed by atoms with E-state index in [1.54, 1.807) is 4.57 Å². The van der Waals surface area contributed by atoms with Crippen molar-refractivity contribution >= 4 is 168 Å². The summed E-state index contributed by atoms with van der Waals surface area (Å²) in [4.78, 5) is 79.8. The van der Waals surface area contributed by atoms with Gasteiger partial charge >= 0.3 is 11.9 Å². The van der Waals surface area contributed by atoms with E-state index in [0.717, 1.165) is 27.6 Å². The van der Waals surface area contributed by atoms with Crippen LogP contribution in [0.25, 0.3) is 10.9 Å². The number of anilines is 1. The number of halogens is 2. The number of nitrogens with one attached hydrogen (secondary N) is 3. The molecule has 1 aromatic carbocycles. The first-order chi connectivity index (χ1) is 25.8. The number of β-lactam (4-membered cyclic amide) rings is 1. The van der Waals surface area contributed by atoms with Crippen LogP contribution in [0, 0.1) is 5.82 Å². The first-order valence-electron chi connectivity index (χ1n) is 16.8. The monoisotopic (exact) mass is 880 g/mol. The molecule has 3 aliphatic heterocycles. The summed E-state index contributed by atoms with van der Waals surface area (Å²) < 4.78 is 17.8. The molecular weight excluding hydrogens is 849 g/mol. The van der Waals surface area contributed by atoms with Crippen molar-refractivity contribution in [1.82, 2.24) is 25.4 Å². The molecule has 1 saturated carbocycles. The Morgan fingerprint density at radius 2 is 1.89 bits per heavy atom. The Hall–Kier alpha value is -2.01. The molecule has 1 aliphatic carbocycles. The molecule has 0 bridgehead atoms. The van der Waals surface area contributed by atoms with Crippen LogP contribution < -0.4 is 26.3 Å². The molecule has 5 N–H and O–H groups in total. The number of aromatic carboxylic acids is 1. The Kier molecular flexibility index (Phi) is 15.2. The molecule has 3 aromatic rings. The van der Waals surface area contributed by atoms with Gasteiger partial charge in [0, 0.05) is 94.6 Å². The number of hydrogen-bond acceptors (Lipinski definition) is 11. The van der Waals surface area contributed by atoms with E-state index >= 15 is 4.39 Å². The summed E-state index contributed by atoms with van der Waals surface area (Å²) in [6.45, 7) is 1.07. The van der Waals surface area contributed by atoms with Gasteiger partial charge in [0.15, 0.2) is 0 Å². The number of aromatic nitrogens is 1. The summed E-state index contributed by atoms with van der Waals surface area (Å²) in [5.74, 6) is -5.27. The van der Waals surface area contributed by atoms with E-state index in [0.29, 0.717) is 32.4 Å². The number of thiocarbonyl (C=S) groups is 1. The zero-order chi connectivity index (χ0) is 38.4. The van der Waals surface area contributed by atoms with Gasteiger partial charge < -0.3 is 35.6 Å². The number of carbonyl (C=O) groups is 5. The van der Waals surface area contributed by atoms with Crippen LogP contribution in [0.2, 0.25) is 5.02 Å². The molecule has 286 valence electrons. The average molecular weight is 881 g/mol. The van der Waals surface area contributed by atoms with Gasteiger partial charge in [-0.15, -0.1) is 23.1 Å². The minimum atomic E-state index is -1.44. The number of nitrogens with zero attached hydrogens (tertiary/aromatic N) is 3. The molecule has 22 heteroatoms. The summed E-state index contributed by atoms with van der Waals surface area (Å²) in [5, 5.41) is 28.8. The standard InChI is InChI=1S/C34H32ClFN6O8S4.2Na/c35-25-27-19(29(45)20(32(47)48)13-40(27)15-3-4-15)10-21(36)28(25)41(16-5-6-37-11-16)24(44)14-53-34(51)38-12-18-8-22(33(49)50)42-30(46)26(31(42)54-18)39-23(43)9-17-2-1-7-52-17;;/h1-2,7-8,10,13,15-16,18,26,31,37H,3-6,9,11-12,14H2,(H,38,51)(H,39,43)(H,47,48)(H,49,50);;.